The number of halogens is 1. The SMILES string of the molecule is COc1cc(C=O)c(OC(C)=O)cc1Br. The van der Waals surface area contributed by atoms with Crippen LogP contribution >= 0.6 is 15.9 Å². The maximum absolute atomic E-state index is 10.8. The van der Waals surface area contributed by atoms with Gasteiger partial charge in [-0.05, 0) is 28.1 Å². The summed E-state index contributed by atoms with van der Waals surface area (Å²) in [6.07, 6.45) is 0.604. The van der Waals surface area contributed by atoms with E-state index in [4.69, 9.17) is 9.47 Å². The molecule has 0 spiro atoms. The van der Waals surface area contributed by atoms with Crippen molar-refractivity contribution in [1.82, 2.24) is 0 Å². The second-order valence-electron chi connectivity index (χ2n) is 2.74. The minimum absolute atomic E-state index is 0.213. The highest BCUT2D eigenvalue weighted by Crippen LogP contribution is 2.32. The number of hydrogen-bond acceptors (Lipinski definition) is 4. The van der Waals surface area contributed by atoms with Crippen LogP contribution in [0.1, 0.15) is 17.3 Å². The first-order valence-electron chi connectivity index (χ1n) is 4.09. The predicted molar refractivity (Wildman–Crippen MR) is 57.4 cm³/mol. The third-order valence-corrected chi connectivity index (χ3v) is 2.28. The van der Waals surface area contributed by atoms with Crippen LogP contribution in [0.15, 0.2) is 16.6 Å². The quantitative estimate of drug-likeness (QED) is 0.481. The number of aldehydes is 1. The minimum Gasteiger partial charge on any atom is -0.496 e. The van der Waals surface area contributed by atoms with Crippen molar-refractivity contribution < 1.29 is 19.1 Å². The van der Waals surface area contributed by atoms with E-state index in [2.05, 4.69) is 15.9 Å². The number of methoxy groups -OCH3 is 1. The van der Waals surface area contributed by atoms with Crippen LogP contribution in [0.2, 0.25) is 0 Å². The van der Waals surface area contributed by atoms with E-state index in [0.29, 0.717) is 16.5 Å². The van der Waals surface area contributed by atoms with E-state index in [1.807, 2.05) is 0 Å². The third kappa shape index (κ3) is 2.79. The summed E-state index contributed by atoms with van der Waals surface area (Å²) in [4.78, 5) is 21.5. The molecule has 0 unspecified atom stereocenters. The van der Waals surface area contributed by atoms with E-state index in [-0.39, 0.29) is 11.3 Å². The number of rotatable bonds is 3. The Kier molecular flexibility index (Phi) is 3.85. The van der Waals surface area contributed by atoms with Gasteiger partial charge in [-0.2, -0.15) is 0 Å². The van der Waals surface area contributed by atoms with Crippen molar-refractivity contribution in [3.8, 4) is 11.5 Å². The van der Waals surface area contributed by atoms with Crippen molar-refractivity contribution >= 4 is 28.2 Å². The topological polar surface area (TPSA) is 52.6 Å². The average molecular weight is 273 g/mol. The lowest BCUT2D eigenvalue weighted by Gasteiger charge is -2.08. The maximum Gasteiger partial charge on any atom is 0.308 e. The second kappa shape index (κ2) is 4.93. The van der Waals surface area contributed by atoms with Gasteiger partial charge in [-0.25, -0.2) is 0 Å². The van der Waals surface area contributed by atoms with Crippen LogP contribution in [0, 0.1) is 0 Å². The van der Waals surface area contributed by atoms with Crippen LogP contribution in [-0.2, 0) is 4.79 Å². The fraction of sp³-hybridized carbons (Fsp3) is 0.200. The molecule has 0 aliphatic heterocycles. The van der Waals surface area contributed by atoms with Gasteiger partial charge in [0.1, 0.15) is 11.5 Å². The molecule has 1 rings (SSSR count). The maximum atomic E-state index is 10.8. The predicted octanol–water partition coefficient (Wildman–Crippen LogP) is 2.20. The van der Waals surface area contributed by atoms with Gasteiger partial charge >= 0.3 is 5.97 Å². The van der Waals surface area contributed by atoms with Gasteiger partial charge in [0, 0.05) is 6.92 Å². The summed E-state index contributed by atoms with van der Waals surface area (Å²) >= 11 is 3.23. The number of benzene rings is 1. The van der Waals surface area contributed by atoms with Crippen molar-refractivity contribution in [3.63, 3.8) is 0 Å². The standard InChI is InChI=1S/C10H9BrO4/c1-6(13)15-9-4-8(11)10(14-2)3-7(9)5-12/h3-5H,1-2H3. The molecule has 0 aliphatic rings. The Labute approximate surface area is 95.3 Å². The van der Waals surface area contributed by atoms with Crippen LogP contribution in [0.25, 0.3) is 0 Å². The number of carbonyl (C=O) groups excluding carboxylic acids is 2. The van der Waals surface area contributed by atoms with Gasteiger partial charge < -0.3 is 9.47 Å². The van der Waals surface area contributed by atoms with Gasteiger partial charge in [0.05, 0.1) is 17.1 Å². The third-order valence-electron chi connectivity index (χ3n) is 1.66. The highest BCUT2D eigenvalue weighted by Gasteiger charge is 2.10. The Morgan fingerprint density at radius 3 is 2.53 bits per heavy atom. The summed E-state index contributed by atoms with van der Waals surface area (Å²) in [5.41, 5.74) is 0.269. The lowest BCUT2D eigenvalue weighted by Crippen LogP contribution is -2.04. The van der Waals surface area contributed by atoms with Gasteiger partial charge in [-0.15, -0.1) is 0 Å². The molecule has 0 bridgehead atoms. The van der Waals surface area contributed by atoms with Crippen molar-refractivity contribution in [2.45, 2.75) is 6.92 Å². The molecule has 80 valence electrons. The van der Waals surface area contributed by atoms with Crippen molar-refractivity contribution in [2.24, 2.45) is 0 Å². The van der Waals surface area contributed by atoms with Gasteiger partial charge in [-0.1, -0.05) is 0 Å². The molecule has 0 fully saturated rings. The monoisotopic (exact) mass is 272 g/mol. The Balaban J connectivity index is 3.20. The summed E-state index contributed by atoms with van der Waals surface area (Å²) in [6.45, 7) is 1.27. The summed E-state index contributed by atoms with van der Waals surface area (Å²) in [6, 6.07) is 3.01. The van der Waals surface area contributed by atoms with Gasteiger partial charge in [0.2, 0.25) is 0 Å². The van der Waals surface area contributed by atoms with Gasteiger partial charge in [0.25, 0.3) is 0 Å². The summed E-state index contributed by atoms with van der Waals surface area (Å²) < 4.78 is 10.5. The lowest BCUT2D eigenvalue weighted by molar-refractivity contribution is -0.131. The molecule has 1 aromatic carbocycles. The molecule has 0 aromatic heterocycles. The molecule has 0 amide bonds. The van der Waals surface area contributed by atoms with Crippen molar-refractivity contribution in [1.29, 1.82) is 0 Å². The zero-order chi connectivity index (χ0) is 11.4. The van der Waals surface area contributed by atoms with E-state index in [9.17, 15) is 9.59 Å². The van der Waals surface area contributed by atoms with Crippen LogP contribution in [0.5, 0.6) is 11.5 Å². The summed E-state index contributed by atoms with van der Waals surface area (Å²) in [7, 11) is 1.49. The van der Waals surface area contributed by atoms with E-state index in [0.717, 1.165) is 0 Å². The number of ether oxygens (including phenoxy) is 2. The molecule has 0 aliphatic carbocycles. The zero-order valence-electron chi connectivity index (χ0n) is 8.24. The normalized spacial score (nSPS) is 9.53. The first-order chi connectivity index (χ1) is 7.08. The van der Waals surface area contributed by atoms with Gasteiger partial charge in [0.15, 0.2) is 6.29 Å². The highest BCUT2D eigenvalue weighted by atomic mass is 79.9. The molecule has 5 heteroatoms. The largest absolute Gasteiger partial charge is 0.496 e. The van der Waals surface area contributed by atoms with Crippen molar-refractivity contribution in [3.05, 3.63) is 22.2 Å². The summed E-state index contributed by atoms with van der Waals surface area (Å²) in [5.74, 6) is 0.244. The van der Waals surface area contributed by atoms with E-state index >= 15 is 0 Å². The molecular weight excluding hydrogens is 264 g/mol. The van der Waals surface area contributed by atoms with E-state index in [1.165, 1.54) is 26.2 Å². The summed E-state index contributed by atoms with van der Waals surface area (Å²) in [5, 5.41) is 0. The Morgan fingerprint density at radius 1 is 1.40 bits per heavy atom. The fourth-order valence-electron chi connectivity index (χ4n) is 1.04. The molecule has 0 N–H and O–H groups in total. The zero-order valence-corrected chi connectivity index (χ0v) is 9.83. The number of esters is 1. The Hall–Kier alpha value is -1.36. The molecule has 1 aromatic rings. The molecular formula is C10H9BrO4. The van der Waals surface area contributed by atoms with Crippen LogP contribution < -0.4 is 9.47 Å². The van der Waals surface area contributed by atoms with Gasteiger partial charge in [-0.3, -0.25) is 9.59 Å². The lowest BCUT2D eigenvalue weighted by atomic mass is 10.2. The van der Waals surface area contributed by atoms with Crippen LogP contribution in [0.3, 0.4) is 0 Å². The van der Waals surface area contributed by atoms with E-state index < -0.39 is 5.97 Å². The number of carbonyl (C=O) groups is 2. The smallest absolute Gasteiger partial charge is 0.308 e. The molecule has 0 atom stereocenters. The average Bonchev–Trinajstić information content (AvgIpc) is 2.17. The Morgan fingerprint density at radius 2 is 2.07 bits per heavy atom. The van der Waals surface area contributed by atoms with E-state index in [1.54, 1.807) is 0 Å². The first-order valence-corrected chi connectivity index (χ1v) is 4.89. The highest BCUT2D eigenvalue weighted by molar-refractivity contribution is 9.10. The van der Waals surface area contributed by atoms with Crippen LogP contribution in [0.4, 0.5) is 0 Å². The molecule has 0 heterocycles. The molecule has 4 nitrogen and oxygen atoms in total. The molecule has 0 saturated heterocycles. The minimum atomic E-state index is -0.477. The number of hydrogen-bond donors (Lipinski definition) is 0. The first kappa shape index (κ1) is 11.7. The Bertz CT molecular complexity index is 401. The van der Waals surface area contributed by atoms with Crippen molar-refractivity contribution in [2.75, 3.05) is 7.11 Å². The molecule has 15 heavy (non-hydrogen) atoms. The van der Waals surface area contributed by atoms with Crippen LogP contribution in [-0.4, -0.2) is 19.4 Å². The molecule has 0 radical (unpaired) electrons. The fourth-order valence-corrected chi connectivity index (χ4v) is 1.53. The second-order valence-corrected chi connectivity index (χ2v) is 3.59. The molecule has 0 saturated carbocycles.